The van der Waals surface area contributed by atoms with Crippen LogP contribution in [0.5, 0.6) is 0 Å². The molecule has 0 N–H and O–H groups in total. The molecule has 6 rings (SSSR count). The number of nitrogens with zero attached hydrogens (tertiary/aromatic N) is 5. The molecule has 0 radical (unpaired) electrons. The number of imidazole rings is 1. The smallest absolute Gasteiger partial charge is 0.410 e. The van der Waals surface area contributed by atoms with E-state index in [2.05, 4.69) is 0 Å². The minimum atomic E-state index is -3.34. The Bertz CT molecular complexity index is 1990. The molecule has 4 aromatic rings. The molecule has 1 aromatic heterocycles. The highest BCUT2D eigenvalue weighted by atomic mass is 32.2. The molecule has 11 nitrogen and oxygen atoms in total. The van der Waals surface area contributed by atoms with E-state index in [0.717, 1.165) is 29.5 Å². The lowest BCUT2D eigenvalue weighted by atomic mass is 10.0. The van der Waals surface area contributed by atoms with Crippen molar-refractivity contribution < 1.29 is 27.5 Å². The highest BCUT2D eigenvalue weighted by Crippen LogP contribution is 2.33. The summed E-state index contributed by atoms with van der Waals surface area (Å²) in [6, 6.07) is 25.2. The molecule has 3 aromatic carbocycles. The summed E-state index contributed by atoms with van der Waals surface area (Å²) in [7, 11) is -3.34. The van der Waals surface area contributed by atoms with Crippen LogP contribution in [0, 0.1) is 0 Å². The lowest BCUT2D eigenvalue weighted by Crippen LogP contribution is -2.58. The molecule has 2 aliphatic rings. The van der Waals surface area contributed by atoms with E-state index < -0.39 is 27.6 Å². The van der Waals surface area contributed by atoms with Crippen molar-refractivity contribution in [1.82, 2.24) is 24.3 Å². The zero-order valence-electron chi connectivity index (χ0n) is 30.3. The van der Waals surface area contributed by atoms with Crippen LogP contribution in [0.15, 0.2) is 96.2 Å². The van der Waals surface area contributed by atoms with E-state index in [1.165, 1.54) is 6.26 Å². The molecule has 12 heteroatoms. The molecule has 2 saturated heterocycles. The molecular formula is C40H47N5O6S. The quantitative estimate of drug-likeness (QED) is 0.218. The number of hydrogen-bond donors (Lipinski definition) is 0. The zero-order valence-corrected chi connectivity index (χ0v) is 31.1. The lowest BCUT2D eigenvalue weighted by molar-refractivity contribution is -0.134. The minimum Gasteiger partial charge on any atom is -0.444 e. The van der Waals surface area contributed by atoms with Gasteiger partial charge < -0.3 is 24.0 Å². The van der Waals surface area contributed by atoms with Crippen molar-refractivity contribution in [2.75, 3.05) is 32.4 Å². The molecule has 1 unspecified atom stereocenters. The molecule has 52 heavy (non-hydrogen) atoms. The summed E-state index contributed by atoms with van der Waals surface area (Å²) >= 11 is 0. The summed E-state index contributed by atoms with van der Waals surface area (Å²) in [5.41, 5.74) is 2.84. The average Bonchev–Trinajstić information content (AvgIpc) is 3.47. The van der Waals surface area contributed by atoms with E-state index in [1.807, 2.05) is 95.8 Å². The number of carbonyl (C=O) groups is 3. The number of piperazine rings is 1. The highest BCUT2D eigenvalue weighted by Gasteiger charge is 2.38. The topological polar surface area (TPSA) is 122 Å². The molecule has 2 fully saturated rings. The monoisotopic (exact) mass is 725 g/mol. The Labute approximate surface area is 306 Å². The van der Waals surface area contributed by atoms with Crippen LogP contribution in [0.4, 0.5) is 4.79 Å². The number of ether oxygens (including phenoxy) is 1. The van der Waals surface area contributed by atoms with Gasteiger partial charge in [0, 0.05) is 44.5 Å². The number of sulfone groups is 1. The van der Waals surface area contributed by atoms with E-state index >= 15 is 0 Å². The molecule has 2 aliphatic heterocycles. The average molecular weight is 726 g/mol. The normalized spacial score (nSPS) is 18.6. The van der Waals surface area contributed by atoms with Crippen molar-refractivity contribution >= 4 is 27.7 Å². The van der Waals surface area contributed by atoms with Crippen LogP contribution in [0.2, 0.25) is 0 Å². The number of likely N-dealkylation sites (tertiary alicyclic amines) is 1. The Morgan fingerprint density at radius 1 is 0.865 bits per heavy atom. The zero-order chi connectivity index (χ0) is 37.0. The fourth-order valence-corrected chi connectivity index (χ4v) is 7.64. The van der Waals surface area contributed by atoms with Crippen LogP contribution >= 0.6 is 0 Å². The molecule has 3 amide bonds. The second kappa shape index (κ2) is 15.3. The summed E-state index contributed by atoms with van der Waals surface area (Å²) in [6.07, 6.45) is 5.12. The number of benzene rings is 3. The Morgan fingerprint density at radius 3 is 2.19 bits per heavy atom. The van der Waals surface area contributed by atoms with Gasteiger partial charge in [-0.05, 0) is 69.7 Å². The standard InChI is InChI=1S/C40H47N5O6S/c1-40(2,3)51-39(48)43-23-24-44(32(27-43)25-29-13-7-5-8-14-29)38(47)35-36(31-15-9-6-10-16-31)45(28-41-35)34-17-11-12-22-42(37(34)46)26-30-18-20-33(21-19-30)52(4,49)50/h5-10,13-16,18-21,28,32,34H,11-12,17,22-27H2,1-4H3/t32-,34?/m1/s1. The highest BCUT2D eigenvalue weighted by molar-refractivity contribution is 7.90. The molecule has 0 saturated carbocycles. The third-order valence-corrected chi connectivity index (χ3v) is 10.7. The molecule has 274 valence electrons. The second-order valence-electron chi connectivity index (χ2n) is 14.7. The molecule has 2 atom stereocenters. The Morgan fingerprint density at radius 2 is 1.54 bits per heavy atom. The molecule has 0 aliphatic carbocycles. The lowest BCUT2D eigenvalue weighted by Gasteiger charge is -2.41. The van der Waals surface area contributed by atoms with Crippen molar-refractivity contribution in [2.45, 2.75) is 75.6 Å². The van der Waals surface area contributed by atoms with Crippen molar-refractivity contribution in [1.29, 1.82) is 0 Å². The van der Waals surface area contributed by atoms with Crippen molar-refractivity contribution in [3.05, 3.63) is 108 Å². The van der Waals surface area contributed by atoms with Crippen LogP contribution in [0.3, 0.4) is 0 Å². The largest absolute Gasteiger partial charge is 0.444 e. The van der Waals surface area contributed by atoms with Gasteiger partial charge >= 0.3 is 6.09 Å². The Kier molecular flexibility index (Phi) is 10.9. The van der Waals surface area contributed by atoms with Gasteiger partial charge in [-0.15, -0.1) is 0 Å². The SMILES string of the molecule is CC(C)(C)OC(=O)N1CCN(C(=O)c2ncn(C3CCCCN(Cc4ccc(S(C)(=O)=O)cc4)C3=O)c2-c2ccccc2)[C@H](Cc2ccccc2)C1. The third kappa shape index (κ3) is 8.55. The van der Waals surface area contributed by atoms with Gasteiger partial charge in [0.25, 0.3) is 5.91 Å². The first-order valence-corrected chi connectivity index (χ1v) is 19.7. The number of rotatable bonds is 8. The maximum Gasteiger partial charge on any atom is 0.410 e. The predicted molar refractivity (Wildman–Crippen MR) is 198 cm³/mol. The van der Waals surface area contributed by atoms with Crippen molar-refractivity contribution in [2.24, 2.45) is 0 Å². The van der Waals surface area contributed by atoms with Gasteiger partial charge in [-0.3, -0.25) is 9.59 Å². The van der Waals surface area contributed by atoms with E-state index in [9.17, 15) is 22.8 Å². The number of amides is 3. The van der Waals surface area contributed by atoms with Crippen LogP contribution < -0.4 is 0 Å². The Balaban J connectivity index is 1.32. The molecular weight excluding hydrogens is 679 g/mol. The molecule has 0 bridgehead atoms. The van der Waals surface area contributed by atoms with Crippen LogP contribution in [-0.4, -0.2) is 94.7 Å². The number of aromatic nitrogens is 2. The first-order valence-electron chi connectivity index (χ1n) is 17.8. The van der Waals surface area contributed by atoms with Gasteiger partial charge in [-0.25, -0.2) is 18.2 Å². The van der Waals surface area contributed by atoms with Crippen molar-refractivity contribution in [3.8, 4) is 11.3 Å². The van der Waals surface area contributed by atoms with Gasteiger partial charge in [0.1, 0.15) is 11.6 Å². The summed E-state index contributed by atoms with van der Waals surface area (Å²) in [4.78, 5) is 52.5. The van der Waals surface area contributed by atoms with Crippen LogP contribution in [0.25, 0.3) is 11.3 Å². The summed E-state index contributed by atoms with van der Waals surface area (Å²) in [5, 5.41) is 0. The van der Waals surface area contributed by atoms with Crippen LogP contribution in [-0.2, 0) is 32.3 Å². The number of hydrogen-bond acceptors (Lipinski definition) is 7. The Hall–Kier alpha value is -4.97. The van der Waals surface area contributed by atoms with E-state index in [4.69, 9.17) is 9.72 Å². The summed E-state index contributed by atoms with van der Waals surface area (Å²) < 4.78 is 31.6. The van der Waals surface area contributed by atoms with Gasteiger partial charge in [0.15, 0.2) is 15.5 Å². The maximum absolute atomic E-state index is 14.7. The first kappa shape index (κ1) is 36.8. The fourth-order valence-electron chi connectivity index (χ4n) is 7.01. The van der Waals surface area contributed by atoms with E-state index in [1.54, 1.807) is 35.5 Å². The van der Waals surface area contributed by atoms with Gasteiger partial charge in [-0.2, -0.15) is 0 Å². The van der Waals surface area contributed by atoms with Crippen molar-refractivity contribution in [3.63, 3.8) is 0 Å². The van der Waals surface area contributed by atoms with Gasteiger partial charge in [0.05, 0.1) is 23.0 Å². The predicted octanol–water partition coefficient (Wildman–Crippen LogP) is 6.01. The second-order valence-corrected chi connectivity index (χ2v) is 16.7. The third-order valence-electron chi connectivity index (χ3n) is 9.57. The number of carbonyl (C=O) groups excluding carboxylic acids is 3. The summed E-state index contributed by atoms with van der Waals surface area (Å²) in [6.45, 7) is 7.33. The maximum atomic E-state index is 14.7. The molecule has 0 spiro atoms. The van der Waals surface area contributed by atoms with E-state index in [-0.39, 0.29) is 28.4 Å². The molecule has 3 heterocycles. The minimum absolute atomic E-state index is 0.0776. The van der Waals surface area contributed by atoms with Crippen LogP contribution in [0.1, 0.15) is 67.7 Å². The van der Waals surface area contributed by atoms with Gasteiger partial charge in [0.2, 0.25) is 5.91 Å². The van der Waals surface area contributed by atoms with Gasteiger partial charge in [-0.1, -0.05) is 72.8 Å². The fraction of sp³-hybridized carbons (Fsp3) is 0.400. The summed E-state index contributed by atoms with van der Waals surface area (Å²) in [5.74, 6) is -0.336. The first-order chi connectivity index (χ1) is 24.8. The van der Waals surface area contributed by atoms with E-state index in [0.29, 0.717) is 51.3 Å².